The van der Waals surface area contributed by atoms with E-state index in [1.54, 1.807) is 0 Å². The predicted molar refractivity (Wildman–Crippen MR) is 68.5 cm³/mol. The van der Waals surface area contributed by atoms with Crippen LogP contribution in [0.5, 0.6) is 5.75 Å². The van der Waals surface area contributed by atoms with Crippen molar-refractivity contribution in [3.05, 3.63) is 53.1 Å². The summed E-state index contributed by atoms with van der Waals surface area (Å²) < 4.78 is 67.5. The van der Waals surface area contributed by atoms with E-state index in [2.05, 4.69) is 4.74 Å². The highest BCUT2D eigenvalue weighted by atomic mass is 35.5. The molecule has 2 aromatic rings. The zero-order chi connectivity index (χ0) is 15.6. The molecule has 1 nitrogen and oxygen atoms in total. The van der Waals surface area contributed by atoms with Crippen LogP contribution >= 0.6 is 11.6 Å². The Bertz CT molecular complexity index is 640. The number of hydrogen-bond acceptors (Lipinski definition) is 1. The predicted octanol–water partition coefficient (Wildman–Crippen LogP) is 5.63. The van der Waals surface area contributed by atoms with Gasteiger partial charge in [0.1, 0.15) is 5.75 Å². The fraction of sp³-hybridized carbons (Fsp3) is 0.143. The Hall–Kier alpha value is -1.82. The molecule has 0 amide bonds. The van der Waals surface area contributed by atoms with Gasteiger partial charge >= 0.3 is 12.8 Å². The second-order valence-electron chi connectivity index (χ2n) is 4.06. The molecule has 2 aromatic carbocycles. The lowest BCUT2D eigenvalue weighted by atomic mass is 9.99. The van der Waals surface area contributed by atoms with Crippen LogP contribution in [0, 0.1) is 0 Å². The molecule has 0 aliphatic carbocycles. The van der Waals surface area contributed by atoms with Gasteiger partial charge in [0.15, 0.2) is 0 Å². The summed E-state index contributed by atoms with van der Waals surface area (Å²) in [7, 11) is 0. The smallest absolute Gasteiger partial charge is 0.417 e. The molecule has 0 aliphatic heterocycles. The number of alkyl halides is 5. The first-order valence-corrected chi connectivity index (χ1v) is 6.08. The number of rotatable bonds is 3. The number of benzene rings is 2. The maximum absolute atomic E-state index is 13.0. The zero-order valence-electron chi connectivity index (χ0n) is 10.3. The molecule has 0 unspecified atom stereocenters. The van der Waals surface area contributed by atoms with Gasteiger partial charge in [-0.05, 0) is 29.8 Å². The fourth-order valence-corrected chi connectivity index (χ4v) is 2.07. The SMILES string of the molecule is FC(F)Oc1ccc(Cl)c(-c2ccccc2C(F)(F)F)c1. The standard InChI is InChI=1S/C14H8ClF5O/c15-12-6-5-8(21-13(16)17)7-10(12)9-3-1-2-4-11(9)14(18,19)20/h1-7,13H. The number of hydrogen-bond donors (Lipinski definition) is 0. The molecule has 0 fully saturated rings. The van der Waals surface area contributed by atoms with Gasteiger partial charge in [-0.3, -0.25) is 0 Å². The van der Waals surface area contributed by atoms with Crippen LogP contribution in [0.25, 0.3) is 11.1 Å². The molecule has 21 heavy (non-hydrogen) atoms. The molecule has 0 N–H and O–H groups in total. The van der Waals surface area contributed by atoms with Gasteiger partial charge in [0, 0.05) is 10.6 Å². The third-order valence-electron chi connectivity index (χ3n) is 2.69. The summed E-state index contributed by atoms with van der Waals surface area (Å²) in [6.07, 6.45) is -4.58. The lowest BCUT2D eigenvalue weighted by Crippen LogP contribution is -2.07. The maximum Gasteiger partial charge on any atom is 0.417 e. The van der Waals surface area contributed by atoms with Crippen LogP contribution in [-0.2, 0) is 6.18 Å². The Morgan fingerprint density at radius 3 is 2.24 bits per heavy atom. The van der Waals surface area contributed by atoms with Gasteiger partial charge in [0.25, 0.3) is 0 Å². The van der Waals surface area contributed by atoms with Crippen LogP contribution in [0.2, 0.25) is 5.02 Å². The summed E-state index contributed by atoms with van der Waals surface area (Å²) in [6.45, 7) is -3.07. The van der Waals surface area contributed by atoms with E-state index in [4.69, 9.17) is 11.6 Å². The summed E-state index contributed by atoms with van der Waals surface area (Å²) in [4.78, 5) is 0. The first kappa shape index (κ1) is 15.6. The van der Waals surface area contributed by atoms with Crippen molar-refractivity contribution in [2.45, 2.75) is 12.8 Å². The van der Waals surface area contributed by atoms with Gasteiger partial charge in [0.2, 0.25) is 0 Å². The Labute approximate surface area is 121 Å². The Balaban J connectivity index is 2.56. The van der Waals surface area contributed by atoms with Crippen molar-refractivity contribution < 1.29 is 26.7 Å². The van der Waals surface area contributed by atoms with Gasteiger partial charge in [0.05, 0.1) is 5.56 Å². The van der Waals surface area contributed by atoms with Crippen molar-refractivity contribution in [3.8, 4) is 16.9 Å². The van der Waals surface area contributed by atoms with E-state index >= 15 is 0 Å². The number of ether oxygens (including phenoxy) is 1. The number of halogens is 6. The Morgan fingerprint density at radius 1 is 0.952 bits per heavy atom. The molecule has 0 heterocycles. The molecule has 0 aromatic heterocycles. The second-order valence-corrected chi connectivity index (χ2v) is 4.47. The molecule has 0 saturated carbocycles. The van der Waals surface area contributed by atoms with E-state index in [-0.39, 0.29) is 21.9 Å². The monoisotopic (exact) mass is 322 g/mol. The topological polar surface area (TPSA) is 9.23 Å². The van der Waals surface area contributed by atoms with E-state index in [0.29, 0.717) is 0 Å². The van der Waals surface area contributed by atoms with Gasteiger partial charge < -0.3 is 4.74 Å². The molecule has 0 bridgehead atoms. The average molecular weight is 323 g/mol. The minimum atomic E-state index is -4.58. The third-order valence-corrected chi connectivity index (χ3v) is 3.02. The molecule has 7 heteroatoms. The molecular weight excluding hydrogens is 315 g/mol. The first-order chi connectivity index (χ1) is 9.79. The molecule has 0 spiro atoms. The highest BCUT2D eigenvalue weighted by Gasteiger charge is 2.33. The van der Waals surface area contributed by atoms with Gasteiger partial charge in [-0.1, -0.05) is 29.8 Å². The van der Waals surface area contributed by atoms with Gasteiger partial charge in [-0.15, -0.1) is 0 Å². The summed E-state index contributed by atoms with van der Waals surface area (Å²) >= 11 is 5.88. The van der Waals surface area contributed by atoms with Crippen LogP contribution in [0.15, 0.2) is 42.5 Å². The lowest BCUT2D eigenvalue weighted by Gasteiger charge is -2.15. The molecule has 0 atom stereocenters. The van der Waals surface area contributed by atoms with E-state index in [1.807, 2.05) is 0 Å². The van der Waals surface area contributed by atoms with E-state index in [0.717, 1.165) is 18.2 Å². The average Bonchev–Trinajstić information content (AvgIpc) is 2.39. The normalized spacial score (nSPS) is 11.8. The largest absolute Gasteiger partial charge is 0.435 e. The third kappa shape index (κ3) is 3.64. The summed E-state index contributed by atoms with van der Waals surface area (Å²) in [5.41, 5.74) is -1.13. The van der Waals surface area contributed by atoms with Crippen molar-refractivity contribution in [3.63, 3.8) is 0 Å². The lowest BCUT2D eigenvalue weighted by molar-refractivity contribution is -0.137. The van der Waals surface area contributed by atoms with Crippen molar-refractivity contribution in [1.82, 2.24) is 0 Å². The minimum absolute atomic E-state index is 0.00770. The second kappa shape index (κ2) is 5.89. The zero-order valence-corrected chi connectivity index (χ0v) is 11.1. The highest BCUT2D eigenvalue weighted by Crippen LogP contribution is 2.40. The van der Waals surface area contributed by atoms with Gasteiger partial charge in [-0.25, -0.2) is 0 Å². The van der Waals surface area contributed by atoms with Gasteiger partial charge in [-0.2, -0.15) is 22.0 Å². The molecule has 0 aliphatic rings. The Kier molecular flexibility index (Phi) is 4.37. The molecule has 0 saturated heterocycles. The molecule has 112 valence electrons. The Morgan fingerprint density at radius 2 is 1.62 bits per heavy atom. The van der Waals surface area contributed by atoms with Crippen LogP contribution in [0.1, 0.15) is 5.56 Å². The van der Waals surface area contributed by atoms with Crippen LogP contribution in [0.3, 0.4) is 0 Å². The van der Waals surface area contributed by atoms with Crippen molar-refractivity contribution in [2.75, 3.05) is 0 Å². The van der Waals surface area contributed by atoms with Crippen LogP contribution < -0.4 is 4.74 Å². The quantitative estimate of drug-likeness (QED) is 0.666. The summed E-state index contributed by atoms with van der Waals surface area (Å²) in [5, 5.41) is 0.00770. The maximum atomic E-state index is 13.0. The van der Waals surface area contributed by atoms with Crippen LogP contribution in [0.4, 0.5) is 22.0 Å². The van der Waals surface area contributed by atoms with E-state index in [9.17, 15) is 22.0 Å². The fourth-order valence-electron chi connectivity index (χ4n) is 1.85. The van der Waals surface area contributed by atoms with E-state index < -0.39 is 18.4 Å². The van der Waals surface area contributed by atoms with Crippen LogP contribution in [-0.4, -0.2) is 6.61 Å². The van der Waals surface area contributed by atoms with Crippen molar-refractivity contribution in [1.29, 1.82) is 0 Å². The van der Waals surface area contributed by atoms with E-state index in [1.165, 1.54) is 24.3 Å². The van der Waals surface area contributed by atoms with Crippen molar-refractivity contribution >= 4 is 11.6 Å². The first-order valence-electron chi connectivity index (χ1n) is 5.70. The summed E-state index contributed by atoms with van der Waals surface area (Å²) in [6, 6.07) is 8.18. The molecule has 2 rings (SSSR count). The molecular formula is C14H8ClF5O. The van der Waals surface area contributed by atoms with Crippen molar-refractivity contribution in [2.24, 2.45) is 0 Å². The molecule has 0 radical (unpaired) electrons. The highest BCUT2D eigenvalue weighted by molar-refractivity contribution is 6.33. The summed E-state index contributed by atoms with van der Waals surface area (Å²) in [5.74, 6) is -0.263. The minimum Gasteiger partial charge on any atom is -0.435 e.